The van der Waals surface area contributed by atoms with Gasteiger partial charge in [0.25, 0.3) is 0 Å². The van der Waals surface area contributed by atoms with Gasteiger partial charge in [-0.15, -0.1) is 5.10 Å². The number of carboxylic acid groups (broad SMARTS) is 1. The number of carboxylic acids is 1. The van der Waals surface area contributed by atoms with Gasteiger partial charge in [-0.1, -0.05) is 48.5 Å². The number of amides is 1. The van der Waals surface area contributed by atoms with Crippen LogP contribution in [0, 0.1) is 6.92 Å². The van der Waals surface area contributed by atoms with Gasteiger partial charge in [-0.05, 0) is 57.8 Å². The molecule has 9 nitrogen and oxygen atoms in total. The molecular formula is C24H19N5O4. The molecule has 2 N–H and O–H groups in total. The minimum atomic E-state index is -1.13. The van der Waals surface area contributed by atoms with E-state index in [0.29, 0.717) is 11.5 Å². The highest BCUT2D eigenvalue weighted by atomic mass is 16.5. The number of tetrazole rings is 1. The van der Waals surface area contributed by atoms with E-state index in [1.807, 2.05) is 36.4 Å². The molecule has 5 rings (SSSR count). The average molecular weight is 441 g/mol. The summed E-state index contributed by atoms with van der Waals surface area (Å²) in [4.78, 5) is 24.2. The van der Waals surface area contributed by atoms with Crippen LogP contribution in [0.3, 0.4) is 0 Å². The molecule has 1 aliphatic carbocycles. The molecule has 0 spiro atoms. The number of aryl methyl sites for hydroxylation is 1. The zero-order valence-corrected chi connectivity index (χ0v) is 17.6. The van der Waals surface area contributed by atoms with Crippen LogP contribution in [-0.4, -0.2) is 44.0 Å². The van der Waals surface area contributed by atoms with Crippen LogP contribution >= 0.6 is 0 Å². The number of ether oxygens (including phenoxy) is 1. The Balaban J connectivity index is 1.34. The van der Waals surface area contributed by atoms with E-state index >= 15 is 0 Å². The largest absolute Gasteiger partial charge is 0.478 e. The van der Waals surface area contributed by atoms with Crippen LogP contribution in [-0.2, 0) is 4.74 Å². The summed E-state index contributed by atoms with van der Waals surface area (Å²) in [6, 6.07) is 20.6. The number of nitrogens with zero attached hydrogens (tertiary/aromatic N) is 4. The lowest BCUT2D eigenvalue weighted by atomic mass is 9.98. The van der Waals surface area contributed by atoms with Gasteiger partial charge in [0.15, 0.2) is 5.82 Å². The summed E-state index contributed by atoms with van der Waals surface area (Å²) in [6.45, 7) is 1.82. The third kappa shape index (κ3) is 3.69. The van der Waals surface area contributed by atoms with Crippen LogP contribution in [0.2, 0.25) is 0 Å². The highest BCUT2D eigenvalue weighted by Gasteiger charge is 2.29. The van der Waals surface area contributed by atoms with Crippen molar-refractivity contribution in [3.63, 3.8) is 0 Å². The molecule has 9 heteroatoms. The molecule has 0 unspecified atom stereocenters. The maximum atomic E-state index is 12.6. The van der Waals surface area contributed by atoms with Crippen molar-refractivity contribution in [2.75, 3.05) is 11.9 Å². The van der Waals surface area contributed by atoms with Gasteiger partial charge in [0.1, 0.15) is 6.61 Å². The average Bonchev–Trinajstić information content (AvgIpc) is 3.38. The zero-order chi connectivity index (χ0) is 22.9. The molecule has 0 aliphatic heterocycles. The molecule has 0 atom stereocenters. The number of aromatic carboxylic acids is 1. The summed E-state index contributed by atoms with van der Waals surface area (Å²) in [6.07, 6.45) is -0.640. The number of nitrogens with one attached hydrogen (secondary N) is 1. The number of hydrogen-bond acceptors (Lipinski definition) is 6. The van der Waals surface area contributed by atoms with Gasteiger partial charge in [0, 0.05) is 11.6 Å². The van der Waals surface area contributed by atoms with Crippen molar-refractivity contribution in [1.82, 2.24) is 20.2 Å². The fourth-order valence-electron chi connectivity index (χ4n) is 4.17. The summed E-state index contributed by atoms with van der Waals surface area (Å²) < 4.78 is 6.86. The number of carbonyl (C=O) groups is 2. The number of fused-ring (bicyclic) bond motifs is 3. The molecule has 0 bridgehead atoms. The van der Waals surface area contributed by atoms with Crippen molar-refractivity contribution in [1.29, 1.82) is 0 Å². The number of carbonyl (C=O) groups excluding carboxylic acids is 1. The van der Waals surface area contributed by atoms with Gasteiger partial charge >= 0.3 is 12.1 Å². The molecule has 1 aromatic heterocycles. The van der Waals surface area contributed by atoms with Crippen molar-refractivity contribution < 1.29 is 19.4 Å². The smallest absolute Gasteiger partial charge is 0.411 e. The topological polar surface area (TPSA) is 119 Å². The lowest BCUT2D eigenvalue weighted by molar-refractivity contribution is 0.0696. The third-order valence-corrected chi connectivity index (χ3v) is 5.67. The second kappa shape index (κ2) is 8.19. The van der Waals surface area contributed by atoms with Crippen LogP contribution in [0.4, 0.5) is 10.5 Å². The highest BCUT2D eigenvalue weighted by molar-refractivity contribution is 5.94. The van der Waals surface area contributed by atoms with Crippen molar-refractivity contribution in [3.8, 4) is 16.8 Å². The lowest BCUT2D eigenvalue weighted by Gasteiger charge is -2.15. The van der Waals surface area contributed by atoms with Crippen molar-refractivity contribution in [2.45, 2.75) is 12.8 Å². The van der Waals surface area contributed by atoms with E-state index in [0.717, 1.165) is 22.3 Å². The molecule has 4 aromatic rings. The van der Waals surface area contributed by atoms with Gasteiger partial charge in [-0.25, -0.2) is 9.59 Å². The van der Waals surface area contributed by atoms with Crippen LogP contribution in [0.25, 0.3) is 16.8 Å². The number of anilines is 1. The van der Waals surface area contributed by atoms with Crippen molar-refractivity contribution in [2.24, 2.45) is 0 Å². The Morgan fingerprint density at radius 2 is 1.70 bits per heavy atom. The molecule has 1 heterocycles. The van der Waals surface area contributed by atoms with Crippen LogP contribution in [0.15, 0.2) is 66.7 Å². The van der Waals surface area contributed by atoms with Crippen molar-refractivity contribution in [3.05, 3.63) is 89.2 Å². The van der Waals surface area contributed by atoms with Gasteiger partial charge in [-0.2, -0.15) is 4.68 Å². The minimum Gasteiger partial charge on any atom is -0.478 e. The third-order valence-electron chi connectivity index (χ3n) is 5.67. The van der Waals surface area contributed by atoms with E-state index in [1.54, 1.807) is 6.92 Å². The Morgan fingerprint density at radius 3 is 2.30 bits per heavy atom. The standard InChI is InChI=1S/C24H19N5O4/c1-14-26-27-28-29(14)22-12-15(10-11-20(22)23(30)31)25-24(32)33-13-21-18-8-4-2-6-16(18)17-7-3-5-9-19(17)21/h2-12,21H,13H2,1H3,(H,25,32)(H,30,31). The molecule has 0 saturated heterocycles. The molecule has 0 saturated carbocycles. The summed E-state index contributed by atoms with van der Waals surface area (Å²) in [5, 5.41) is 23.3. The van der Waals surface area contributed by atoms with Crippen LogP contribution < -0.4 is 5.32 Å². The first-order valence-corrected chi connectivity index (χ1v) is 10.3. The first-order chi connectivity index (χ1) is 16.0. The monoisotopic (exact) mass is 441 g/mol. The number of benzene rings is 3. The van der Waals surface area contributed by atoms with E-state index in [9.17, 15) is 14.7 Å². The Labute approximate surface area is 188 Å². The predicted molar refractivity (Wildman–Crippen MR) is 120 cm³/mol. The number of hydrogen-bond donors (Lipinski definition) is 2. The van der Waals surface area contributed by atoms with Crippen LogP contribution in [0.5, 0.6) is 0 Å². The minimum absolute atomic E-state index is 0.00323. The van der Waals surface area contributed by atoms with Crippen molar-refractivity contribution >= 4 is 17.7 Å². The predicted octanol–water partition coefficient (Wildman–Crippen LogP) is 4.03. The molecule has 33 heavy (non-hydrogen) atoms. The van der Waals surface area contributed by atoms with E-state index in [4.69, 9.17) is 4.74 Å². The Kier molecular flexibility index (Phi) is 5.06. The zero-order valence-electron chi connectivity index (χ0n) is 17.6. The molecular weight excluding hydrogens is 422 g/mol. The summed E-state index contributed by atoms with van der Waals surface area (Å²) >= 11 is 0. The van der Waals surface area contributed by atoms with Gasteiger partial charge in [-0.3, -0.25) is 5.32 Å². The SMILES string of the molecule is Cc1nnnn1-c1cc(NC(=O)OCC2c3ccccc3-c3ccccc32)ccc1C(=O)O. The summed E-state index contributed by atoms with van der Waals surface area (Å²) in [5.41, 5.74) is 5.13. The first kappa shape index (κ1) is 20.4. The molecule has 1 amide bonds. The highest BCUT2D eigenvalue weighted by Crippen LogP contribution is 2.44. The molecule has 3 aromatic carbocycles. The van der Waals surface area contributed by atoms with Gasteiger partial charge < -0.3 is 9.84 Å². The normalized spacial score (nSPS) is 12.2. The lowest BCUT2D eigenvalue weighted by Crippen LogP contribution is -2.18. The van der Waals surface area contributed by atoms with E-state index in [1.165, 1.54) is 22.9 Å². The van der Waals surface area contributed by atoms with Gasteiger partial charge in [0.2, 0.25) is 0 Å². The maximum Gasteiger partial charge on any atom is 0.411 e. The Hall–Kier alpha value is -4.53. The van der Waals surface area contributed by atoms with Gasteiger partial charge in [0.05, 0.1) is 11.3 Å². The van der Waals surface area contributed by atoms with E-state index in [-0.39, 0.29) is 23.8 Å². The van der Waals surface area contributed by atoms with E-state index in [2.05, 4.69) is 33.0 Å². The molecule has 1 aliphatic rings. The summed E-state index contributed by atoms with van der Waals surface area (Å²) in [5.74, 6) is -0.777. The molecule has 0 fully saturated rings. The second-order valence-electron chi connectivity index (χ2n) is 7.63. The first-order valence-electron chi connectivity index (χ1n) is 10.3. The Bertz CT molecular complexity index is 1340. The molecule has 164 valence electrons. The fourth-order valence-corrected chi connectivity index (χ4v) is 4.17. The maximum absolute atomic E-state index is 12.6. The van der Waals surface area contributed by atoms with Crippen LogP contribution in [0.1, 0.15) is 33.2 Å². The number of rotatable bonds is 5. The second-order valence-corrected chi connectivity index (χ2v) is 7.63. The fraction of sp³-hybridized carbons (Fsp3) is 0.125. The van der Waals surface area contributed by atoms with E-state index < -0.39 is 12.1 Å². The molecule has 0 radical (unpaired) electrons. The quantitative estimate of drug-likeness (QED) is 0.480. The number of aromatic nitrogens is 4. The summed E-state index contributed by atoms with van der Waals surface area (Å²) in [7, 11) is 0. The Morgan fingerprint density at radius 1 is 1.03 bits per heavy atom.